The van der Waals surface area contributed by atoms with E-state index in [1.807, 2.05) is 31.1 Å². The smallest absolute Gasteiger partial charge is 0.338 e. The van der Waals surface area contributed by atoms with E-state index in [2.05, 4.69) is 0 Å². The van der Waals surface area contributed by atoms with Crippen molar-refractivity contribution in [2.45, 2.75) is 0 Å². The quantitative estimate of drug-likeness (QED) is 0.209. The first-order valence-electron chi connectivity index (χ1n) is 10.4. The summed E-state index contributed by atoms with van der Waals surface area (Å²) in [5, 5.41) is 35.2. The van der Waals surface area contributed by atoms with Gasteiger partial charge in [0.2, 0.25) is 0 Å². The Morgan fingerprint density at radius 3 is 1.89 bits per heavy atom. The Labute approximate surface area is 203 Å². The second-order valence-electron chi connectivity index (χ2n) is 8.11. The van der Waals surface area contributed by atoms with Gasteiger partial charge in [-0.2, -0.15) is 0 Å². The summed E-state index contributed by atoms with van der Waals surface area (Å²) < 4.78 is 4.80. The van der Waals surface area contributed by atoms with E-state index in [0.29, 0.717) is 5.56 Å². The topological polar surface area (TPSA) is 159 Å². The summed E-state index contributed by atoms with van der Waals surface area (Å²) in [6.45, 7) is 0. The fourth-order valence-electron chi connectivity index (χ4n) is 4.16. The van der Waals surface area contributed by atoms with Gasteiger partial charge in [-0.05, 0) is 34.9 Å². The number of rotatable bonds is 6. The average Bonchev–Trinajstić information content (AvgIpc) is 3.15. The number of carbonyl (C=O) groups is 1. The van der Waals surface area contributed by atoms with Gasteiger partial charge in [0.1, 0.15) is 0 Å². The molecule has 4 rings (SSSR count). The zero-order chi connectivity index (χ0) is 26.3. The normalized spacial score (nSPS) is 12.6. The number of nitro groups is 3. The van der Waals surface area contributed by atoms with Gasteiger partial charge in [0, 0.05) is 49.1 Å². The van der Waals surface area contributed by atoms with Crippen LogP contribution in [0.3, 0.4) is 0 Å². The Kier molecular flexibility index (Phi) is 5.94. The van der Waals surface area contributed by atoms with Crippen LogP contribution in [0.4, 0.5) is 22.7 Å². The molecule has 0 radical (unpaired) electrons. The highest BCUT2D eigenvalue weighted by Gasteiger charge is 2.38. The fourth-order valence-corrected chi connectivity index (χ4v) is 4.16. The molecule has 0 aromatic heterocycles. The van der Waals surface area contributed by atoms with E-state index in [0.717, 1.165) is 31.0 Å². The van der Waals surface area contributed by atoms with E-state index in [1.165, 1.54) is 6.07 Å². The third kappa shape index (κ3) is 4.00. The largest absolute Gasteiger partial charge is 0.465 e. The monoisotopic (exact) mass is 490 g/mol. The van der Waals surface area contributed by atoms with Gasteiger partial charge in [0.15, 0.2) is 0 Å². The van der Waals surface area contributed by atoms with Crippen molar-refractivity contribution in [2.75, 3.05) is 26.1 Å². The zero-order valence-corrected chi connectivity index (χ0v) is 19.3. The van der Waals surface area contributed by atoms with E-state index < -0.39 is 37.8 Å². The molecule has 12 nitrogen and oxygen atoms in total. The highest BCUT2D eigenvalue weighted by Crippen LogP contribution is 2.53. The summed E-state index contributed by atoms with van der Waals surface area (Å²) in [6, 6.07) is 11.3. The predicted octanol–water partition coefficient (Wildman–Crippen LogP) is 4.83. The predicted molar refractivity (Wildman–Crippen MR) is 131 cm³/mol. The standard InChI is InChI=1S/C24H18N4O8/c1-25(2)14-6-4-13(5-7-14)8-17-18-9-15(26(30)31)11-20(24(29)36-3)22(18)23-19(17)10-16(27(32)33)12-21(23)28(34)35/h4-12H,1-3H3. The van der Waals surface area contributed by atoms with Gasteiger partial charge in [-0.3, -0.25) is 30.3 Å². The van der Waals surface area contributed by atoms with Crippen LogP contribution in [0.1, 0.15) is 27.0 Å². The average molecular weight is 490 g/mol. The van der Waals surface area contributed by atoms with Crippen molar-refractivity contribution in [3.8, 4) is 11.1 Å². The molecule has 36 heavy (non-hydrogen) atoms. The van der Waals surface area contributed by atoms with Crippen molar-refractivity contribution >= 4 is 40.4 Å². The third-order valence-electron chi connectivity index (χ3n) is 5.80. The molecule has 0 amide bonds. The second kappa shape index (κ2) is 8.91. The molecule has 0 atom stereocenters. The molecule has 3 aromatic rings. The van der Waals surface area contributed by atoms with E-state index >= 15 is 0 Å². The van der Waals surface area contributed by atoms with Crippen LogP contribution in [0, 0.1) is 30.3 Å². The molecule has 0 unspecified atom stereocenters. The first-order valence-corrected chi connectivity index (χ1v) is 10.4. The summed E-state index contributed by atoms with van der Waals surface area (Å²) in [7, 11) is 4.81. The highest BCUT2D eigenvalue weighted by atomic mass is 16.6. The number of carbonyl (C=O) groups excluding carboxylic acids is 1. The molecule has 182 valence electrons. The molecule has 0 saturated heterocycles. The van der Waals surface area contributed by atoms with Gasteiger partial charge in [-0.25, -0.2) is 4.79 Å². The number of nitro benzene ring substituents is 3. The number of nitrogens with zero attached hydrogens (tertiary/aromatic N) is 4. The minimum atomic E-state index is -0.940. The minimum absolute atomic E-state index is 0.0419. The molecular formula is C24H18N4O8. The van der Waals surface area contributed by atoms with Crippen molar-refractivity contribution in [3.05, 3.63) is 101 Å². The number of anilines is 1. The number of methoxy groups -OCH3 is 1. The summed E-state index contributed by atoms with van der Waals surface area (Å²) in [5.74, 6) is -0.940. The molecule has 1 aliphatic rings. The van der Waals surface area contributed by atoms with Crippen LogP contribution in [-0.2, 0) is 4.74 Å². The lowest BCUT2D eigenvalue weighted by atomic mass is 9.96. The number of hydrogen-bond acceptors (Lipinski definition) is 9. The highest BCUT2D eigenvalue weighted by molar-refractivity contribution is 6.15. The van der Waals surface area contributed by atoms with Crippen molar-refractivity contribution in [2.24, 2.45) is 0 Å². The maximum Gasteiger partial charge on any atom is 0.338 e. The van der Waals surface area contributed by atoms with Crippen LogP contribution in [0.5, 0.6) is 0 Å². The Bertz CT molecular complexity index is 1490. The van der Waals surface area contributed by atoms with Gasteiger partial charge in [0.05, 0.1) is 39.1 Å². The van der Waals surface area contributed by atoms with Crippen LogP contribution in [0.15, 0.2) is 48.5 Å². The molecule has 1 aliphatic carbocycles. The van der Waals surface area contributed by atoms with Crippen LogP contribution in [0.2, 0.25) is 0 Å². The molecular weight excluding hydrogens is 472 g/mol. The lowest BCUT2D eigenvalue weighted by Crippen LogP contribution is -2.07. The zero-order valence-electron chi connectivity index (χ0n) is 19.3. The van der Waals surface area contributed by atoms with Crippen molar-refractivity contribution < 1.29 is 24.3 Å². The molecule has 0 saturated carbocycles. The van der Waals surface area contributed by atoms with Gasteiger partial charge >= 0.3 is 5.97 Å². The maximum atomic E-state index is 12.6. The van der Waals surface area contributed by atoms with Gasteiger partial charge in [-0.15, -0.1) is 0 Å². The molecule has 0 bridgehead atoms. The number of fused-ring (bicyclic) bond motifs is 3. The van der Waals surface area contributed by atoms with Crippen molar-refractivity contribution in [1.29, 1.82) is 0 Å². The number of esters is 1. The lowest BCUT2D eigenvalue weighted by molar-refractivity contribution is -0.393. The lowest BCUT2D eigenvalue weighted by Gasteiger charge is -2.12. The van der Waals surface area contributed by atoms with Crippen molar-refractivity contribution in [3.63, 3.8) is 0 Å². The van der Waals surface area contributed by atoms with E-state index in [4.69, 9.17) is 4.74 Å². The first-order chi connectivity index (χ1) is 17.0. The number of ether oxygens (including phenoxy) is 1. The van der Waals surface area contributed by atoms with Crippen LogP contribution < -0.4 is 4.90 Å². The third-order valence-corrected chi connectivity index (χ3v) is 5.80. The van der Waals surface area contributed by atoms with E-state index in [-0.39, 0.29) is 33.4 Å². The first kappa shape index (κ1) is 24.0. The van der Waals surface area contributed by atoms with Gasteiger partial charge in [-0.1, -0.05) is 12.1 Å². The van der Waals surface area contributed by atoms with E-state index in [1.54, 1.807) is 18.2 Å². The van der Waals surface area contributed by atoms with Crippen LogP contribution >= 0.6 is 0 Å². The number of benzene rings is 3. The number of non-ortho nitro benzene ring substituents is 2. The second-order valence-corrected chi connectivity index (χ2v) is 8.11. The Morgan fingerprint density at radius 1 is 0.833 bits per heavy atom. The molecule has 0 fully saturated rings. The van der Waals surface area contributed by atoms with E-state index in [9.17, 15) is 35.1 Å². The SMILES string of the molecule is COC(=O)c1cc([N+](=O)[O-])cc2c1-c1c(cc([N+](=O)[O-])cc1[N+](=O)[O-])C2=Cc1ccc(N(C)C)cc1. The summed E-state index contributed by atoms with van der Waals surface area (Å²) in [5.41, 5.74) is 0.217. The summed E-state index contributed by atoms with van der Waals surface area (Å²) >= 11 is 0. The van der Waals surface area contributed by atoms with Crippen molar-refractivity contribution in [1.82, 2.24) is 0 Å². The molecule has 3 aromatic carbocycles. The Morgan fingerprint density at radius 2 is 1.39 bits per heavy atom. The van der Waals surface area contributed by atoms with Gasteiger partial charge < -0.3 is 9.64 Å². The minimum Gasteiger partial charge on any atom is -0.465 e. The maximum absolute atomic E-state index is 12.6. The fraction of sp³-hybridized carbons (Fsp3) is 0.125. The van der Waals surface area contributed by atoms with Crippen LogP contribution in [0.25, 0.3) is 22.8 Å². The molecule has 0 heterocycles. The van der Waals surface area contributed by atoms with Crippen LogP contribution in [-0.4, -0.2) is 41.9 Å². The Hall–Kier alpha value is -5.13. The van der Waals surface area contributed by atoms with Gasteiger partial charge in [0.25, 0.3) is 17.1 Å². The molecule has 12 heteroatoms. The summed E-state index contributed by atoms with van der Waals surface area (Å²) in [4.78, 5) is 47.5. The Balaban J connectivity index is 2.13. The molecule has 0 N–H and O–H groups in total. The molecule has 0 spiro atoms. The summed E-state index contributed by atoms with van der Waals surface area (Å²) in [6.07, 6.45) is 1.61. The molecule has 0 aliphatic heterocycles. The number of hydrogen-bond donors (Lipinski definition) is 0.